The fraction of sp³-hybridized carbons (Fsp3) is 0.208. The molecule has 0 radical (unpaired) electrons. The number of nitrogens with zero attached hydrogens (tertiary/aromatic N) is 1. The summed E-state index contributed by atoms with van der Waals surface area (Å²) in [7, 11) is -4.10. The van der Waals surface area contributed by atoms with Crippen molar-refractivity contribution in [3.63, 3.8) is 0 Å². The fourth-order valence-electron chi connectivity index (χ4n) is 3.00. The molecule has 0 bridgehead atoms. The largest absolute Gasteiger partial charge is 0.492 e. The summed E-state index contributed by atoms with van der Waals surface area (Å²) in [4.78, 5) is 13.5. The third-order valence-corrected chi connectivity index (χ3v) is 7.28. The van der Waals surface area contributed by atoms with Crippen LogP contribution in [0.1, 0.15) is 5.56 Å². The SMILES string of the molecule is CSc1ccc(S(=O)(=O)N(CC(=O)NCCOc2ccc(C)cc2)c2cccc(F)c2)cc1. The predicted octanol–water partition coefficient (Wildman–Crippen LogP) is 4.25. The molecule has 0 spiro atoms. The maximum atomic E-state index is 13.8. The second-order valence-electron chi connectivity index (χ2n) is 7.18. The molecule has 0 heterocycles. The number of hydrogen-bond acceptors (Lipinski definition) is 5. The summed E-state index contributed by atoms with van der Waals surface area (Å²) in [5.41, 5.74) is 1.17. The minimum Gasteiger partial charge on any atom is -0.492 e. The van der Waals surface area contributed by atoms with Crippen molar-refractivity contribution >= 4 is 33.4 Å². The van der Waals surface area contributed by atoms with Crippen LogP contribution in [-0.2, 0) is 14.8 Å². The number of sulfonamides is 1. The molecule has 6 nitrogen and oxygen atoms in total. The van der Waals surface area contributed by atoms with Crippen molar-refractivity contribution in [1.29, 1.82) is 0 Å². The lowest BCUT2D eigenvalue weighted by molar-refractivity contribution is -0.119. The Labute approximate surface area is 197 Å². The second kappa shape index (κ2) is 11.2. The Hall–Kier alpha value is -3.04. The highest BCUT2D eigenvalue weighted by atomic mass is 32.2. The predicted molar refractivity (Wildman–Crippen MR) is 129 cm³/mol. The summed E-state index contributed by atoms with van der Waals surface area (Å²) in [5.74, 6) is -0.457. The third kappa shape index (κ3) is 6.72. The summed E-state index contributed by atoms with van der Waals surface area (Å²) in [6.45, 7) is 1.88. The van der Waals surface area contributed by atoms with E-state index in [1.165, 1.54) is 42.1 Å². The third-order valence-electron chi connectivity index (χ3n) is 4.74. The van der Waals surface area contributed by atoms with Crippen molar-refractivity contribution in [3.05, 3.63) is 84.2 Å². The van der Waals surface area contributed by atoms with Crippen molar-refractivity contribution in [2.45, 2.75) is 16.7 Å². The van der Waals surface area contributed by atoms with Gasteiger partial charge in [-0.1, -0.05) is 23.8 Å². The summed E-state index contributed by atoms with van der Waals surface area (Å²) < 4.78 is 47.0. The van der Waals surface area contributed by atoms with Crippen LogP contribution in [0, 0.1) is 12.7 Å². The van der Waals surface area contributed by atoms with E-state index >= 15 is 0 Å². The van der Waals surface area contributed by atoms with E-state index in [-0.39, 0.29) is 23.7 Å². The molecule has 0 aliphatic rings. The lowest BCUT2D eigenvalue weighted by Crippen LogP contribution is -2.42. The topological polar surface area (TPSA) is 75.7 Å². The molecule has 0 aliphatic heterocycles. The van der Waals surface area contributed by atoms with E-state index in [9.17, 15) is 17.6 Å². The molecule has 0 atom stereocenters. The van der Waals surface area contributed by atoms with Gasteiger partial charge in [-0.3, -0.25) is 9.10 Å². The molecule has 0 unspecified atom stereocenters. The number of carbonyl (C=O) groups is 1. The molecule has 0 saturated heterocycles. The van der Waals surface area contributed by atoms with Crippen molar-refractivity contribution in [1.82, 2.24) is 5.32 Å². The molecular weight excluding hydrogens is 463 g/mol. The highest BCUT2D eigenvalue weighted by molar-refractivity contribution is 7.98. The van der Waals surface area contributed by atoms with Gasteiger partial charge in [-0.15, -0.1) is 11.8 Å². The molecule has 174 valence electrons. The molecule has 9 heteroatoms. The lowest BCUT2D eigenvalue weighted by Gasteiger charge is -2.24. The van der Waals surface area contributed by atoms with E-state index in [4.69, 9.17) is 4.74 Å². The second-order valence-corrected chi connectivity index (χ2v) is 9.92. The number of aryl methyl sites for hydroxylation is 1. The number of ether oxygens (including phenoxy) is 1. The van der Waals surface area contributed by atoms with Crippen LogP contribution in [0.4, 0.5) is 10.1 Å². The molecule has 1 N–H and O–H groups in total. The number of nitrogens with one attached hydrogen (secondary N) is 1. The van der Waals surface area contributed by atoms with E-state index in [1.54, 1.807) is 12.1 Å². The number of thioether (sulfide) groups is 1. The Balaban J connectivity index is 1.71. The molecule has 33 heavy (non-hydrogen) atoms. The molecule has 3 aromatic rings. The van der Waals surface area contributed by atoms with Gasteiger partial charge < -0.3 is 10.1 Å². The van der Waals surface area contributed by atoms with Crippen LogP contribution in [-0.4, -0.2) is 40.3 Å². The van der Waals surface area contributed by atoms with Crippen molar-refractivity contribution in [2.24, 2.45) is 0 Å². The highest BCUT2D eigenvalue weighted by Gasteiger charge is 2.27. The summed E-state index contributed by atoms with van der Waals surface area (Å²) in [6, 6.07) is 19.0. The van der Waals surface area contributed by atoms with Crippen LogP contribution >= 0.6 is 11.8 Å². The number of benzene rings is 3. The molecule has 3 aromatic carbocycles. The molecule has 0 saturated carbocycles. The summed E-state index contributed by atoms with van der Waals surface area (Å²) in [5, 5.41) is 2.65. The number of anilines is 1. The van der Waals surface area contributed by atoms with Gasteiger partial charge in [-0.05, 0) is 67.8 Å². The van der Waals surface area contributed by atoms with Crippen molar-refractivity contribution < 1.29 is 22.3 Å². The number of carbonyl (C=O) groups excluding carboxylic acids is 1. The molecule has 1 amide bonds. The average Bonchev–Trinajstić information content (AvgIpc) is 2.81. The number of amides is 1. The van der Waals surface area contributed by atoms with Gasteiger partial charge in [0, 0.05) is 4.90 Å². The van der Waals surface area contributed by atoms with Gasteiger partial charge in [0.25, 0.3) is 10.0 Å². The molecule has 3 rings (SSSR count). The van der Waals surface area contributed by atoms with E-state index < -0.39 is 28.3 Å². The number of rotatable bonds is 10. The first-order chi connectivity index (χ1) is 15.8. The van der Waals surface area contributed by atoms with Gasteiger partial charge in [-0.25, -0.2) is 12.8 Å². The van der Waals surface area contributed by atoms with Gasteiger partial charge in [0.1, 0.15) is 24.7 Å². The maximum Gasteiger partial charge on any atom is 0.264 e. The van der Waals surface area contributed by atoms with Crippen molar-refractivity contribution in [2.75, 3.05) is 30.3 Å². The minimum atomic E-state index is -4.10. The van der Waals surface area contributed by atoms with Crippen LogP contribution in [0.15, 0.2) is 82.6 Å². The zero-order valence-electron chi connectivity index (χ0n) is 18.3. The van der Waals surface area contributed by atoms with Gasteiger partial charge in [0.05, 0.1) is 17.1 Å². The monoisotopic (exact) mass is 488 g/mol. The van der Waals surface area contributed by atoms with Crippen LogP contribution in [0.5, 0.6) is 5.75 Å². The first-order valence-corrected chi connectivity index (χ1v) is 12.8. The zero-order chi connectivity index (χ0) is 23.8. The van der Waals surface area contributed by atoms with Crippen LogP contribution in [0.3, 0.4) is 0 Å². The normalized spacial score (nSPS) is 11.1. The lowest BCUT2D eigenvalue weighted by atomic mass is 10.2. The summed E-state index contributed by atoms with van der Waals surface area (Å²) >= 11 is 1.48. The Morgan fingerprint density at radius 3 is 2.39 bits per heavy atom. The van der Waals surface area contributed by atoms with Gasteiger partial charge in [0.2, 0.25) is 5.91 Å². The van der Waals surface area contributed by atoms with E-state index in [2.05, 4.69) is 5.32 Å². The maximum absolute atomic E-state index is 13.8. The first kappa shape index (κ1) is 24.6. The van der Waals surface area contributed by atoms with Crippen LogP contribution in [0.2, 0.25) is 0 Å². The Bertz CT molecular complexity index is 1180. The first-order valence-electron chi connectivity index (χ1n) is 10.2. The van der Waals surface area contributed by atoms with Crippen LogP contribution < -0.4 is 14.4 Å². The fourth-order valence-corrected chi connectivity index (χ4v) is 4.82. The van der Waals surface area contributed by atoms with E-state index in [1.807, 2.05) is 37.4 Å². The van der Waals surface area contributed by atoms with Gasteiger partial charge in [-0.2, -0.15) is 0 Å². The molecule has 0 aromatic heterocycles. The van der Waals surface area contributed by atoms with E-state index in [0.29, 0.717) is 5.75 Å². The molecule has 0 fully saturated rings. The standard InChI is InChI=1S/C24H25FN2O4S2/c1-18-6-8-21(9-7-18)31-15-14-26-24(28)17-27(20-5-3-4-19(25)16-20)33(29,30)23-12-10-22(32-2)11-13-23/h3-13,16H,14-15,17H2,1-2H3,(H,26,28). The molecular formula is C24H25FN2O4S2. The minimum absolute atomic E-state index is 0.0139. The number of hydrogen-bond donors (Lipinski definition) is 1. The zero-order valence-corrected chi connectivity index (χ0v) is 20.0. The Kier molecular flexibility index (Phi) is 8.35. The van der Waals surface area contributed by atoms with Gasteiger partial charge in [0.15, 0.2) is 0 Å². The quantitative estimate of drug-likeness (QED) is 0.341. The van der Waals surface area contributed by atoms with Crippen molar-refractivity contribution in [3.8, 4) is 5.75 Å². The van der Waals surface area contributed by atoms with Crippen LogP contribution in [0.25, 0.3) is 0 Å². The Morgan fingerprint density at radius 2 is 1.76 bits per heavy atom. The highest BCUT2D eigenvalue weighted by Crippen LogP contribution is 2.26. The van der Waals surface area contributed by atoms with Gasteiger partial charge >= 0.3 is 0 Å². The smallest absolute Gasteiger partial charge is 0.264 e. The average molecular weight is 489 g/mol. The summed E-state index contributed by atoms with van der Waals surface area (Å²) in [6.07, 6.45) is 1.88. The number of halogens is 1. The molecule has 0 aliphatic carbocycles. The Morgan fingerprint density at radius 1 is 1.06 bits per heavy atom. The van der Waals surface area contributed by atoms with E-state index in [0.717, 1.165) is 20.8 Å².